The van der Waals surface area contributed by atoms with Crippen LogP contribution in [-0.4, -0.2) is 25.5 Å². The standard InChI is InChI=1S/C16H30N2O.ClH/c1-13(2)11-16(7-4-8-16)15(19)18-10-6-14-5-3-9-17-12-14;/h13-14,17H,3-12H2,1-2H3,(H,18,19);1H. The fourth-order valence-electron chi connectivity index (χ4n) is 3.66. The Balaban J connectivity index is 0.00000200. The molecule has 3 nitrogen and oxygen atoms in total. The van der Waals surface area contributed by atoms with E-state index in [4.69, 9.17) is 0 Å². The van der Waals surface area contributed by atoms with Gasteiger partial charge in [-0.1, -0.05) is 20.3 Å². The molecule has 2 rings (SSSR count). The summed E-state index contributed by atoms with van der Waals surface area (Å²) in [5, 5.41) is 6.65. The fraction of sp³-hybridized carbons (Fsp3) is 0.938. The maximum atomic E-state index is 12.4. The third-order valence-electron chi connectivity index (χ3n) is 4.83. The van der Waals surface area contributed by atoms with Crippen LogP contribution >= 0.6 is 12.4 Å². The van der Waals surface area contributed by atoms with Gasteiger partial charge in [-0.2, -0.15) is 0 Å². The highest BCUT2D eigenvalue weighted by molar-refractivity contribution is 5.85. The molecule has 0 spiro atoms. The topological polar surface area (TPSA) is 41.1 Å². The molecule has 2 aliphatic rings. The van der Waals surface area contributed by atoms with Crippen LogP contribution in [0.5, 0.6) is 0 Å². The molecule has 0 aromatic carbocycles. The zero-order chi connectivity index (χ0) is 13.7. The highest BCUT2D eigenvalue weighted by Crippen LogP contribution is 2.46. The summed E-state index contributed by atoms with van der Waals surface area (Å²) in [4.78, 5) is 12.4. The number of carbonyl (C=O) groups is 1. The molecular weight excluding hydrogens is 272 g/mol. The number of carbonyl (C=O) groups excluding carboxylic acids is 1. The van der Waals surface area contributed by atoms with Gasteiger partial charge in [0.05, 0.1) is 0 Å². The van der Waals surface area contributed by atoms with Crippen LogP contribution in [0.15, 0.2) is 0 Å². The monoisotopic (exact) mass is 302 g/mol. The van der Waals surface area contributed by atoms with Crippen LogP contribution in [0.2, 0.25) is 0 Å². The Hall–Kier alpha value is -0.280. The lowest BCUT2D eigenvalue weighted by atomic mass is 9.64. The minimum Gasteiger partial charge on any atom is -0.356 e. The van der Waals surface area contributed by atoms with Gasteiger partial charge in [0, 0.05) is 12.0 Å². The van der Waals surface area contributed by atoms with Crippen LogP contribution in [0.3, 0.4) is 0 Å². The summed E-state index contributed by atoms with van der Waals surface area (Å²) in [5.41, 5.74) is -0.0149. The average molecular weight is 303 g/mol. The van der Waals surface area contributed by atoms with Crippen LogP contribution in [-0.2, 0) is 4.79 Å². The molecule has 20 heavy (non-hydrogen) atoms. The maximum absolute atomic E-state index is 12.4. The van der Waals surface area contributed by atoms with Crippen LogP contribution < -0.4 is 10.6 Å². The second kappa shape index (κ2) is 8.23. The normalized spacial score (nSPS) is 24.6. The molecule has 4 heteroatoms. The molecule has 1 unspecified atom stereocenters. The summed E-state index contributed by atoms with van der Waals surface area (Å²) in [5.74, 6) is 1.71. The van der Waals surface area contributed by atoms with Crippen LogP contribution in [0.4, 0.5) is 0 Å². The molecule has 0 bridgehead atoms. The van der Waals surface area contributed by atoms with Crippen LogP contribution in [0, 0.1) is 17.3 Å². The summed E-state index contributed by atoms with van der Waals surface area (Å²) < 4.78 is 0. The first kappa shape index (κ1) is 17.8. The van der Waals surface area contributed by atoms with Crippen molar-refractivity contribution >= 4 is 18.3 Å². The number of rotatable bonds is 6. The van der Waals surface area contributed by atoms with Gasteiger partial charge in [-0.3, -0.25) is 4.79 Å². The SMILES string of the molecule is CC(C)CC1(C(=O)NCCC2CCCNC2)CCC1.Cl. The Morgan fingerprint density at radius 3 is 2.60 bits per heavy atom. The number of nitrogens with one attached hydrogen (secondary N) is 2. The summed E-state index contributed by atoms with van der Waals surface area (Å²) >= 11 is 0. The minimum atomic E-state index is -0.0149. The lowest BCUT2D eigenvalue weighted by Gasteiger charge is -2.41. The molecule has 0 aromatic heterocycles. The van der Waals surface area contributed by atoms with E-state index in [0.29, 0.717) is 11.8 Å². The van der Waals surface area contributed by atoms with E-state index in [9.17, 15) is 4.79 Å². The molecule has 2 N–H and O–H groups in total. The van der Waals surface area contributed by atoms with E-state index in [1.54, 1.807) is 0 Å². The second-order valence-electron chi connectivity index (χ2n) is 6.99. The van der Waals surface area contributed by atoms with E-state index in [1.165, 1.54) is 25.8 Å². The molecule has 1 atom stereocenters. The van der Waals surface area contributed by atoms with Gasteiger partial charge in [-0.15, -0.1) is 12.4 Å². The van der Waals surface area contributed by atoms with E-state index in [1.807, 2.05) is 0 Å². The van der Waals surface area contributed by atoms with Crippen molar-refractivity contribution in [3.8, 4) is 0 Å². The Morgan fingerprint density at radius 2 is 2.10 bits per heavy atom. The predicted molar refractivity (Wildman–Crippen MR) is 86.2 cm³/mol. The summed E-state index contributed by atoms with van der Waals surface area (Å²) in [6, 6.07) is 0. The number of halogens is 1. The smallest absolute Gasteiger partial charge is 0.226 e. The van der Waals surface area contributed by atoms with Crippen molar-refractivity contribution in [1.29, 1.82) is 0 Å². The lowest BCUT2D eigenvalue weighted by molar-refractivity contribution is -0.137. The maximum Gasteiger partial charge on any atom is 0.226 e. The van der Waals surface area contributed by atoms with Gasteiger partial charge in [0.25, 0.3) is 0 Å². The quantitative estimate of drug-likeness (QED) is 0.791. The van der Waals surface area contributed by atoms with Crippen molar-refractivity contribution in [2.24, 2.45) is 17.3 Å². The van der Waals surface area contributed by atoms with E-state index in [0.717, 1.165) is 44.7 Å². The summed E-state index contributed by atoms with van der Waals surface area (Å²) in [7, 11) is 0. The zero-order valence-corrected chi connectivity index (χ0v) is 13.9. The van der Waals surface area contributed by atoms with Crippen molar-refractivity contribution < 1.29 is 4.79 Å². The molecule has 0 radical (unpaired) electrons. The first-order valence-corrected chi connectivity index (χ1v) is 8.11. The molecule has 1 amide bonds. The van der Waals surface area contributed by atoms with E-state index >= 15 is 0 Å². The minimum absolute atomic E-state index is 0. The molecule has 1 aliphatic carbocycles. The van der Waals surface area contributed by atoms with Gasteiger partial charge in [0.1, 0.15) is 0 Å². The third-order valence-corrected chi connectivity index (χ3v) is 4.83. The Kier molecular flexibility index (Phi) is 7.32. The fourth-order valence-corrected chi connectivity index (χ4v) is 3.66. The molecule has 1 saturated carbocycles. The molecule has 1 heterocycles. The predicted octanol–water partition coefficient (Wildman–Crippen LogP) is 3.13. The van der Waals surface area contributed by atoms with Crippen molar-refractivity contribution in [1.82, 2.24) is 10.6 Å². The van der Waals surface area contributed by atoms with Gasteiger partial charge in [-0.05, 0) is 63.5 Å². The van der Waals surface area contributed by atoms with Gasteiger partial charge in [-0.25, -0.2) is 0 Å². The van der Waals surface area contributed by atoms with E-state index in [2.05, 4.69) is 24.5 Å². The summed E-state index contributed by atoms with van der Waals surface area (Å²) in [6.07, 6.45) is 8.23. The van der Waals surface area contributed by atoms with E-state index < -0.39 is 0 Å². The molecule has 1 aliphatic heterocycles. The number of hydrogen-bond acceptors (Lipinski definition) is 2. The molecule has 2 fully saturated rings. The Morgan fingerprint density at radius 1 is 1.35 bits per heavy atom. The number of hydrogen-bond donors (Lipinski definition) is 2. The van der Waals surface area contributed by atoms with Gasteiger partial charge in [0.2, 0.25) is 5.91 Å². The Labute approximate surface area is 130 Å². The van der Waals surface area contributed by atoms with Gasteiger partial charge >= 0.3 is 0 Å². The highest BCUT2D eigenvalue weighted by Gasteiger charge is 2.43. The number of amides is 1. The lowest BCUT2D eigenvalue weighted by Crippen LogP contribution is -2.47. The molecule has 118 valence electrons. The van der Waals surface area contributed by atoms with Crippen molar-refractivity contribution in [2.75, 3.05) is 19.6 Å². The number of piperidine rings is 1. The zero-order valence-electron chi connectivity index (χ0n) is 13.0. The van der Waals surface area contributed by atoms with Crippen molar-refractivity contribution in [3.05, 3.63) is 0 Å². The largest absolute Gasteiger partial charge is 0.356 e. The average Bonchev–Trinajstić information content (AvgIpc) is 2.34. The van der Waals surface area contributed by atoms with Crippen molar-refractivity contribution in [3.63, 3.8) is 0 Å². The Bertz CT molecular complexity index is 297. The van der Waals surface area contributed by atoms with Crippen LogP contribution in [0.1, 0.15) is 58.8 Å². The van der Waals surface area contributed by atoms with Crippen molar-refractivity contribution in [2.45, 2.75) is 58.8 Å². The van der Waals surface area contributed by atoms with Crippen LogP contribution in [0.25, 0.3) is 0 Å². The molecular formula is C16H31ClN2O. The third kappa shape index (κ3) is 4.63. The van der Waals surface area contributed by atoms with Gasteiger partial charge < -0.3 is 10.6 Å². The summed E-state index contributed by atoms with van der Waals surface area (Å²) in [6.45, 7) is 7.61. The highest BCUT2D eigenvalue weighted by atomic mass is 35.5. The van der Waals surface area contributed by atoms with E-state index in [-0.39, 0.29) is 17.8 Å². The van der Waals surface area contributed by atoms with Gasteiger partial charge in [0.15, 0.2) is 0 Å². The first-order valence-electron chi connectivity index (χ1n) is 8.11. The molecule has 0 aromatic rings. The first-order chi connectivity index (χ1) is 9.12. The second-order valence-corrected chi connectivity index (χ2v) is 6.99. The molecule has 1 saturated heterocycles.